The topological polar surface area (TPSA) is 94.5 Å². The monoisotopic (exact) mass is 548 g/mol. The number of fused-ring (bicyclic) bond motifs is 1. The molecule has 0 aliphatic carbocycles. The van der Waals surface area contributed by atoms with E-state index in [9.17, 15) is 14.7 Å². The standard InChI is InChI=1S/C30H33ClN4O4/c31-26-18-21(8-10-27(26)36)30(38)33-32-19-22-9-11-28(25-7-3-2-6-24(22)25)39-20-29(37)35-16-12-23(13-17-35)34-14-4-1-5-15-34/h2-3,6-11,18-19,23,36H,1,4-5,12-17,20H2,(H,33,38)/b32-19+. The first-order valence-corrected chi connectivity index (χ1v) is 13.9. The van der Waals surface area contributed by atoms with Crippen LogP contribution in [0.3, 0.4) is 0 Å². The van der Waals surface area contributed by atoms with Crippen molar-refractivity contribution in [2.45, 2.75) is 38.1 Å². The van der Waals surface area contributed by atoms with Crippen LogP contribution in [0.1, 0.15) is 48.0 Å². The number of carbonyl (C=O) groups is 2. The lowest BCUT2D eigenvalue weighted by molar-refractivity contribution is -0.135. The van der Waals surface area contributed by atoms with Crippen molar-refractivity contribution < 1.29 is 19.4 Å². The zero-order valence-corrected chi connectivity index (χ0v) is 22.6. The highest BCUT2D eigenvalue weighted by atomic mass is 35.5. The zero-order valence-electron chi connectivity index (χ0n) is 21.8. The molecule has 0 aromatic heterocycles. The summed E-state index contributed by atoms with van der Waals surface area (Å²) in [4.78, 5) is 29.8. The van der Waals surface area contributed by atoms with Gasteiger partial charge in [0.05, 0.1) is 11.2 Å². The third-order valence-electron chi connectivity index (χ3n) is 7.57. The van der Waals surface area contributed by atoms with Gasteiger partial charge < -0.3 is 19.6 Å². The average Bonchev–Trinajstić information content (AvgIpc) is 2.98. The van der Waals surface area contributed by atoms with Crippen molar-refractivity contribution in [2.75, 3.05) is 32.8 Å². The maximum Gasteiger partial charge on any atom is 0.271 e. The van der Waals surface area contributed by atoms with Gasteiger partial charge in [0, 0.05) is 35.6 Å². The Hall–Kier alpha value is -3.62. The average molecular weight is 549 g/mol. The molecule has 0 radical (unpaired) electrons. The highest BCUT2D eigenvalue weighted by Crippen LogP contribution is 2.28. The van der Waals surface area contributed by atoms with Crippen LogP contribution >= 0.6 is 11.6 Å². The number of amides is 2. The van der Waals surface area contributed by atoms with Gasteiger partial charge >= 0.3 is 0 Å². The van der Waals surface area contributed by atoms with Gasteiger partial charge in [0.25, 0.3) is 11.8 Å². The molecule has 5 rings (SSSR count). The number of phenols is 1. The van der Waals surface area contributed by atoms with E-state index >= 15 is 0 Å². The summed E-state index contributed by atoms with van der Waals surface area (Å²) in [6.45, 7) is 3.94. The third-order valence-corrected chi connectivity index (χ3v) is 7.88. The molecule has 0 spiro atoms. The minimum atomic E-state index is -0.448. The van der Waals surface area contributed by atoms with Gasteiger partial charge in [-0.05, 0) is 74.5 Å². The van der Waals surface area contributed by atoms with Gasteiger partial charge in [0.1, 0.15) is 11.5 Å². The first-order chi connectivity index (χ1) is 19.0. The fraction of sp³-hybridized carbons (Fsp3) is 0.367. The number of ether oxygens (including phenoxy) is 1. The number of carbonyl (C=O) groups excluding carboxylic acids is 2. The summed E-state index contributed by atoms with van der Waals surface area (Å²) in [7, 11) is 0. The predicted molar refractivity (Wildman–Crippen MR) is 153 cm³/mol. The van der Waals surface area contributed by atoms with Crippen molar-refractivity contribution in [1.82, 2.24) is 15.2 Å². The van der Waals surface area contributed by atoms with Crippen LogP contribution in [0.2, 0.25) is 5.02 Å². The quantitative estimate of drug-likeness (QED) is 0.326. The third kappa shape index (κ3) is 6.52. The minimum Gasteiger partial charge on any atom is -0.506 e. The molecule has 0 unspecified atom stereocenters. The van der Waals surface area contributed by atoms with E-state index in [-0.39, 0.29) is 28.8 Å². The smallest absolute Gasteiger partial charge is 0.271 e. The van der Waals surface area contributed by atoms with E-state index in [1.54, 1.807) is 6.21 Å². The second-order valence-electron chi connectivity index (χ2n) is 10.1. The van der Waals surface area contributed by atoms with Gasteiger partial charge in [0.2, 0.25) is 0 Å². The summed E-state index contributed by atoms with van der Waals surface area (Å²) in [5, 5.41) is 15.5. The van der Waals surface area contributed by atoms with Crippen molar-refractivity contribution in [3.8, 4) is 11.5 Å². The molecule has 0 atom stereocenters. The number of hydrazone groups is 1. The Balaban J connectivity index is 1.18. The Kier molecular flexibility index (Phi) is 8.64. The van der Waals surface area contributed by atoms with E-state index in [0.29, 0.717) is 11.8 Å². The number of nitrogens with one attached hydrogen (secondary N) is 1. The van der Waals surface area contributed by atoms with E-state index in [4.69, 9.17) is 16.3 Å². The van der Waals surface area contributed by atoms with Gasteiger partial charge in [-0.25, -0.2) is 5.43 Å². The minimum absolute atomic E-state index is 0.00292. The number of hydrogen-bond donors (Lipinski definition) is 2. The van der Waals surface area contributed by atoms with E-state index < -0.39 is 5.91 Å². The number of aromatic hydroxyl groups is 1. The van der Waals surface area contributed by atoms with Gasteiger partial charge in [-0.15, -0.1) is 0 Å². The Labute approximate surface area is 233 Å². The van der Waals surface area contributed by atoms with Crippen LogP contribution in [0, 0.1) is 0 Å². The number of rotatable bonds is 7. The molecule has 2 saturated heterocycles. The van der Waals surface area contributed by atoms with Crippen molar-refractivity contribution in [3.05, 3.63) is 70.7 Å². The van der Waals surface area contributed by atoms with Crippen LogP contribution in [0.4, 0.5) is 0 Å². The molecule has 2 amide bonds. The highest BCUT2D eigenvalue weighted by molar-refractivity contribution is 6.32. The number of likely N-dealkylation sites (tertiary alicyclic amines) is 2. The number of hydrogen-bond acceptors (Lipinski definition) is 6. The second kappa shape index (κ2) is 12.5. The van der Waals surface area contributed by atoms with E-state index in [1.165, 1.54) is 50.6 Å². The summed E-state index contributed by atoms with van der Waals surface area (Å²) in [5.74, 6) is 0.0986. The van der Waals surface area contributed by atoms with Crippen LogP contribution in [-0.2, 0) is 4.79 Å². The first-order valence-electron chi connectivity index (χ1n) is 13.5. The fourth-order valence-corrected chi connectivity index (χ4v) is 5.58. The summed E-state index contributed by atoms with van der Waals surface area (Å²) >= 11 is 5.89. The molecule has 2 heterocycles. The maximum absolute atomic E-state index is 12.9. The lowest BCUT2D eigenvalue weighted by Crippen LogP contribution is -2.49. The summed E-state index contributed by atoms with van der Waals surface area (Å²) in [6, 6.07) is 16.2. The lowest BCUT2D eigenvalue weighted by Gasteiger charge is -2.40. The second-order valence-corrected chi connectivity index (χ2v) is 10.5. The van der Waals surface area contributed by atoms with Crippen molar-refractivity contribution in [1.29, 1.82) is 0 Å². The molecule has 2 aliphatic heterocycles. The normalized spacial score (nSPS) is 17.0. The Morgan fingerprint density at radius 1 is 1.00 bits per heavy atom. The number of nitrogens with zero attached hydrogens (tertiary/aromatic N) is 3. The Bertz CT molecular complexity index is 1360. The summed E-state index contributed by atoms with van der Waals surface area (Å²) in [5.41, 5.74) is 3.55. The molecule has 2 aliphatic rings. The Morgan fingerprint density at radius 2 is 1.74 bits per heavy atom. The zero-order chi connectivity index (χ0) is 27.2. The first kappa shape index (κ1) is 27.0. The van der Waals surface area contributed by atoms with Crippen LogP contribution in [-0.4, -0.2) is 71.8 Å². The maximum atomic E-state index is 12.9. The van der Waals surface area contributed by atoms with Crippen LogP contribution in [0.25, 0.3) is 10.8 Å². The molecule has 8 nitrogen and oxygen atoms in total. The molecular weight excluding hydrogens is 516 g/mol. The highest BCUT2D eigenvalue weighted by Gasteiger charge is 2.27. The number of halogens is 1. The predicted octanol–water partition coefficient (Wildman–Crippen LogP) is 4.82. The number of phenolic OH excluding ortho intramolecular Hbond substituents is 1. The molecular formula is C30H33ClN4O4. The Morgan fingerprint density at radius 3 is 2.49 bits per heavy atom. The lowest BCUT2D eigenvalue weighted by atomic mass is 10.00. The molecule has 204 valence electrons. The molecule has 2 N–H and O–H groups in total. The molecule has 0 saturated carbocycles. The van der Waals surface area contributed by atoms with Crippen LogP contribution in [0.15, 0.2) is 59.7 Å². The molecule has 2 fully saturated rings. The van der Waals surface area contributed by atoms with Gasteiger partial charge in [0.15, 0.2) is 6.61 Å². The summed E-state index contributed by atoms with van der Waals surface area (Å²) in [6.07, 6.45) is 7.52. The van der Waals surface area contributed by atoms with E-state index in [0.717, 1.165) is 42.3 Å². The molecule has 0 bridgehead atoms. The molecule has 39 heavy (non-hydrogen) atoms. The summed E-state index contributed by atoms with van der Waals surface area (Å²) < 4.78 is 6.01. The van der Waals surface area contributed by atoms with Crippen molar-refractivity contribution in [3.63, 3.8) is 0 Å². The van der Waals surface area contributed by atoms with E-state index in [2.05, 4.69) is 15.4 Å². The molecule has 3 aromatic rings. The van der Waals surface area contributed by atoms with Gasteiger partial charge in [-0.3, -0.25) is 9.59 Å². The fourth-order valence-electron chi connectivity index (χ4n) is 5.40. The molecule has 3 aromatic carbocycles. The van der Waals surface area contributed by atoms with Crippen LogP contribution in [0.5, 0.6) is 11.5 Å². The van der Waals surface area contributed by atoms with Gasteiger partial charge in [-0.2, -0.15) is 5.10 Å². The molecule has 9 heteroatoms. The largest absolute Gasteiger partial charge is 0.506 e. The van der Waals surface area contributed by atoms with E-state index in [1.807, 2.05) is 41.3 Å². The van der Waals surface area contributed by atoms with Crippen molar-refractivity contribution >= 4 is 40.4 Å². The number of benzene rings is 3. The number of piperidine rings is 2. The van der Waals surface area contributed by atoms with Crippen molar-refractivity contribution in [2.24, 2.45) is 5.10 Å². The van der Waals surface area contributed by atoms with Gasteiger partial charge in [-0.1, -0.05) is 42.3 Å². The SMILES string of the molecule is O=C(N/N=C/c1ccc(OCC(=O)N2CCC(N3CCCCC3)CC2)c2ccccc12)c1ccc(O)c(Cl)c1. The van der Waals surface area contributed by atoms with Crippen LogP contribution < -0.4 is 10.2 Å².